The van der Waals surface area contributed by atoms with E-state index in [0.29, 0.717) is 25.3 Å². The monoisotopic (exact) mass is 398 g/mol. The van der Waals surface area contributed by atoms with Gasteiger partial charge in [-0.25, -0.2) is 0 Å². The Hall–Kier alpha value is -1.47. The lowest BCUT2D eigenvalue weighted by molar-refractivity contribution is -0.132. The Morgan fingerprint density at radius 2 is 1.43 bits per heavy atom. The van der Waals surface area contributed by atoms with Crippen molar-refractivity contribution in [1.29, 1.82) is 0 Å². The second-order valence-electron chi connectivity index (χ2n) is 8.64. The van der Waals surface area contributed by atoms with E-state index in [2.05, 4.69) is 29.8 Å². The summed E-state index contributed by atoms with van der Waals surface area (Å²) in [6, 6.07) is -1.45. The summed E-state index contributed by atoms with van der Waals surface area (Å²) in [4.78, 5) is 37.7. The van der Waals surface area contributed by atoms with Crippen LogP contribution in [0.5, 0.6) is 0 Å². The number of hydrogen-bond donors (Lipinski definition) is 4. The minimum atomic E-state index is -0.715. The van der Waals surface area contributed by atoms with Crippen LogP contribution in [-0.4, -0.2) is 48.3 Å². The van der Waals surface area contributed by atoms with E-state index in [1.165, 1.54) is 0 Å². The molecule has 0 aromatic carbocycles. The van der Waals surface area contributed by atoms with E-state index in [4.69, 9.17) is 5.73 Å². The lowest BCUT2D eigenvalue weighted by atomic mass is 9.97. The molecule has 0 fully saturated rings. The molecule has 0 saturated carbocycles. The van der Waals surface area contributed by atoms with Crippen LogP contribution in [-0.2, 0) is 14.4 Å². The highest BCUT2D eigenvalue weighted by atomic mass is 16.2. The Morgan fingerprint density at radius 3 is 1.89 bits per heavy atom. The highest BCUT2D eigenvalue weighted by molar-refractivity contribution is 5.93. The molecule has 0 bridgehead atoms. The summed E-state index contributed by atoms with van der Waals surface area (Å²) in [5.74, 6) is -0.351. The van der Waals surface area contributed by atoms with Crippen LogP contribution in [0, 0.1) is 11.8 Å². The predicted molar refractivity (Wildman–Crippen MR) is 114 cm³/mol. The summed E-state index contributed by atoms with van der Waals surface area (Å²) >= 11 is 0. The average Bonchev–Trinajstić information content (AvgIpc) is 2.58. The number of rotatable bonds is 14. The van der Waals surface area contributed by atoms with Gasteiger partial charge in [-0.2, -0.15) is 0 Å². The van der Waals surface area contributed by atoms with Crippen LogP contribution in [0.2, 0.25) is 0 Å². The molecule has 0 aliphatic heterocycles. The summed E-state index contributed by atoms with van der Waals surface area (Å²) < 4.78 is 0. The zero-order chi connectivity index (χ0) is 21.9. The van der Waals surface area contributed by atoms with Gasteiger partial charge < -0.3 is 21.7 Å². The van der Waals surface area contributed by atoms with Gasteiger partial charge in [0.2, 0.25) is 11.8 Å². The number of carbonyl (C=O) groups is 3. The minimum Gasteiger partial charge on any atom is -0.345 e. The standard InChI is InChI=1S/C21H42N4O3/c1-13(2)12-18(23-15(5)6)21(28)24-16(7)20(27)25-17(10-8-9-11-22)19(26)14(3)4/h13-18,23H,8-12,22H2,1-7H3,(H,24,28)(H,25,27)/t16?,17-,18-/m0/s1. The molecule has 7 heteroatoms. The Kier molecular flexibility index (Phi) is 12.9. The third kappa shape index (κ3) is 10.8. The number of amides is 2. The fraction of sp³-hybridized carbons (Fsp3) is 0.857. The van der Waals surface area contributed by atoms with E-state index in [-0.39, 0.29) is 35.6 Å². The maximum Gasteiger partial charge on any atom is 0.242 e. The molecule has 0 aromatic rings. The van der Waals surface area contributed by atoms with Crippen molar-refractivity contribution < 1.29 is 14.4 Å². The molecule has 0 aliphatic carbocycles. The zero-order valence-electron chi connectivity index (χ0n) is 18.8. The Balaban J connectivity index is 4.93. The van der Waals surface area contributed by atoms with E-state index >= 15 is 0 Å². The summed E-state index contributed by atoms with van der Waals surface area (Å²) in [5, 5.41) is 8.86. The van der Waals surface area contributed by atoms with Crippen LogP contribution in [0.15, 0.2) is 0 Å². The largest absolute Gasteiger partial charge is 0.345 e. The van der Waals surface area contributed by atoms with Crippen LogP contribution in [0.25, 0.3) is 0 Å². The van der Waals surface area contributed by atoms with Gasteiger partial charge in [-0.1, -0.05) is 41.5 Å². The van der Waals surface area contributed by atoms with Crippen molar-refractivity contribution in [2.45, 2.75) is 98.3 Å². The molecule has 164 valence electrons. The third-order valence-electron chi connectivity index (χ3n) is 4.49. The molecule has 3 atom stereocenters. The maximum atomic E-state index is 12.6. The number of ketones is 1. The van der Waals surface area contributed by atoms with E-state index in [0.717, 1.165) is 12.8 Å². The molecule has 0 saturated heterocycles. The van der Waals surface area contributed by atoms with Crippen molar-refractivity contribution in [3.63, 3.8) is 0 Å². The molecule has 0 aromatic heterocycles. The van der Waals surface area contributed by atoms with Crippen molar-refractivity contribution in [2.24, 2.45) is 17.6 Å². The molecule has 5 N–H and O–H groups in total. The first-order valence-electron chi connectivity index (χ1n) is 10.6. The molecule has 0 aliphatic rings. The number of unbranched alkanes of at least 4 members (excludes halogenated alkanes) is 1. The summed E-state index contributed by atoms with van der Waals surface area (Å²) in [6.45, 7) is 13.9. The normalized spacial score (nSPS) is 14.8. The highest BCUT2D eigenvalue weighted by Crippen LogP contribution is 2.09. The van der Waals surface area contributed by atoms with Crippen LogP contribution in [0.3, 0.4) is 0 Å². The van der Waals surface area contributed by atoms with Gasteiger partial charge in [0, 0.05) is 12.0 Å². The van der Waals surface area contributed by atoms with Gasteiger partial charge in [-0.15, -0.1) is 0 Å². The smallest absolute Gasteiger partial charge is 0.242 e. The van der Waals surface area contributed by atoms with Crippen LogP contribution in [0.4, 0.5) is 0 Å². The molecule has 28 heavy (non-hydrogen) atoms. The highest BCUT2D eigenvalue weighted by Gasteiger charge is 2.27. The molecule has 0 radical (unpaired) electrons. The van der Waals surface area contributed by atoms with Crippen molar-refractivity contribution in [3.8, 4) is 0 Å². The SMILES string of the molecule is CC(C)C[C@H](NC(C)C)C(=O)NC(C)C(=O)N[C@@H](CCCCN)C(=O)C(C)C. The second kappa shape index (κ2) is 13.7. The number of nitrogens with two attached hydrogens (primary N) is 1. The third-order valence-corrected chi connectivity index (χ3v) is 4.49. The van der Waals surface area contributed by atoms with Crippen molar-refractivity contribution >= 4 is 17.6 Å². The first-order valence-corrected chi connectivity index (χ1v) is 10.6. The first-order chi connectivity index (χ1) is 13.0. The van der Waals surface area contributed by atoms with Gasteiger partial charge in [-0.05, 0) is 45.1 Å². The van der Waals surface area contributed by atoms with Gasteiger partial charge in [0.1, 0.15) is 6.04 Å². The molecule has 0 spiro atoms. The molecule has 2 amide bonds. The van der Waals surface area contributed by atoms with Crippen molar-refractivity contribution in [3.05, 3.63) is 0 Å². The van der Waals surface area contributed by atoms with E-state index < -0.39 is 12.1 Å². The Labute approximate surface area is 171 Å². The van der Waals surface area contributed by atoms with Crippen LogP contribution >= 0.6 is 0 Å². The maximum absolute atomic E-state index is 12.6. The number of Topliss-reactive ketones (excluding diaryl/α,β-unsaturated/α-hetero) is 1. The van der Waals surface area contributed by atoms with E-state index in [1.807, 2.05) is 27.7 Å². The lowest BCUT2D eigenvalue weighted by Crippen LogP contribution is -2.55. The molecule has 0 heterocycles. The van der Waals surface area contributed by atoms with Crippen LogP contribution in [0.1, 0.15) is 74.1 Å². The Bertz CT molecular complexity index is 482. The fourth-order valence-corrected chi connectivity index (χ4v) is 2.98. The van der Waals surface area contributed by atoms with Gasteiger partial charge in [0.05, 0.1) is 12.1 Å². The molecular formula is C21H42N4O3. The second-order valence-corrected chi connectivity index (χ2v) is 8.64. The number of carbonyl (C=O) groups excluding carboxylic acids is 3. The Morgan fingerprint density at radius 1 is 0.821 bits per heavy atom. The van der Waals surface area contributed by atoms with Gasteiger partial charge in [0.15, 0.2) is 5.78 Å². The number of nitrogens with one attached hydrogen (secondary N) is 3. The van der Waals surface area contributed by atoms with Gasteiger partial charge in [0.25, 0.3) is 0 Å². The molecule has 7 nitrogen and oxygen atoms in total. The van der Waals surface area contributed by atoms with E-state index in [9.17, 15) is 14.4 Å². The summed E-state index contributed by atoms with van der Waals surface area (Å²) in [5.41, 5.74) is 5.53. The first kappa shape index (κ1) is 26.5. The zero-order valence-corrected chi connectivity index (χ0v) is 18.8. The van der Waals surface area contributed by atoms with Crippen LogP contribution < -0.4 is 21.7 Å². The summed E-state index contributed by atoms with van der Waals surface area (Å²) in [7, 11) is 0. The van der Waals surface area contributed by atoms with Gasteiger partial charge >= 0.3 is 0 Å². The molecule has 1 unspecified atom stereocenters. The predicted octanol–water partition coefficient (Wildman–Crippen LogP) is 1.74. The van der Waals surface area contributed by atoms with E-state index in [1.54, 1.807) is 6.92 Å². The summed E-state index contributed by atoms with van der Waals surface area (Å²) in [6.07, 6.45) is 2.83. The molecular weight excluding hydrogens is 356 g/mol. The van der Waals surface area contributed by atoms with Gasteiger partial charge in [-0.3, -0.25) is 14.4 Å². The topological polar surface area (TPSA) is 113 Å². The fourth-order valence-electron chi connectivity index (χ4n) is 2.98. The quantitative estimate of drug-likeness (QED) is 0.333. The average molecular weight is 399 g/mol. The van der Waals surface area contributed by atoms with Crippen molar-refractivity contribution in [2.75, 3.05) is 6.54 Å². The number of hydrogen-bond acceptors (Lipinski definition) is 5. The van der Waals surface area contributed by atoms with Crippen molar-refractivity contribution in [1.82, 2.24) is 16.0 Å². The lowest BCUT2D eigenvalue weighted by Gasteiger charge is -2.25. The minimum absolute atomic E-state index is 0.00283. The molecule has 0 rings (SSSR count).